The molecule has 3 heteroatoms. The van der Waals surface area contributed by atoms with E-state index in [-0.39, 0.29) is 0 Å². The molecule has 2 aromatic heterocycles. The van der Waals surface area contributed by atoms with Crippen LogP contribution < -0.4 is 4.90 Å². The van der Waals surface area contributed by atoms with Crippen molar-refractivity contribution < 1.29 is 8.83 Å². The SMILES string of the molecule is c1ccc2c(-c3ccc(N(c4cc5ccccc5c5ccccc45)c4cc5c6ccccc6oc5c5c4oc4ccccc45)cc3)cccc2c1. The first kappa shape index (κ1) is 28.0. The molecule has 0 saturated carbocycles. The van der Waals surface area contributed by atoms with E-state index in [0.717, 1.165) is 66.3 Å². The Kier molecular flexibility index (Phi) is 5.96. The standard InChI is InChI=1S/C48H29NO2/c1-3-15-34-30(12-1)14-11-21-35(34)31-24-26-33(27-25-31)49(42-28-32-13-2-4-16-36(32)37-17-5-6-18-38(37)42)43-29-41-39-19-7-9-22-44(39)50-47(41)46-40-20-8-10-23-45(40)51-48(43)46/h1-29H. The molecule has 0 fully saturated rings. The maximum atomic E-state index is 6.85. The Morgan fingerprint density at radius 2 is 0.941 bits per heavy atom. The van der Waals surface area contributed by atoms with Crippen LogP contribution in [0.5, 0.6) is 0 Å². The van der Waals surface area contributed by atoms with E-state index in [0.29, 0.717) is 0 Å². The van der Waals surface area contributed by atoms with Crippen molar-refractivity contribution in [1.82, 2.24) is 0 Å². The third-order valence-corrected chi connectivity index (χ3v) is 10.4. The molecule has 0 radical (unpaired) electrons. The molecule has 3 nitrogen and oxygen atoms in total. The molecule has 11 aromatic rings. The number of rotatable bonds is 4. The summed E-state index contributed by atoms with van der Waals surface area (Å²) in [6, 6.07) is 62.6. The lowest BCUT2D eigenvalue weighted by molar-refractivity contribution is 0.663. The van der Waals surface area contributed by atoms with Gasteiger partial charge in [0, 0.05) is 27.2 Å². The molecule has 0 atom stereocenters. The van der Waals surface area contributed by atoms with E-state index in [2.05, 4.69) is 157 Å². The molecule has 0 aliphatic rings. The molecule has 0 bridgehead atoms. The van der Waals surface area contributed by atoms with Gasteiger partial charge < -0.3 is 13.7 Å². The first-order valence-electron chi connectivity index (χ1n) is 17.3. The van der Waals surface area contributed by atoms with E-state index in [4.69, 9.17) is 8.83 Å². The second-order valence-electron chi connectivity index (χ2n) is 13.2. The highest BCUT2D eigenvalue weighted by molar-refractivity contribution is 6.26. The van der Waals surface area contributed by atoms with Crippen LogP contribution in [0.25, 0.3) is 87.3 Å². The summed E-state index contributed by atoms with van der Waals surface area (Å²) in [5.41, 5.74) is 8.78. The molecule has 2 heterocycles. The van der Waals surface area contributed by atoms with Gasteiger partial charge in [-0.15, -0.1) is 0 Å². The minimum atomic E-state index is 0.790. The highest BCUT2D eigenvalue weighted by Gasteiger charge is 2.26. The van der Waals surface area contributed by atoms with E-state index in [1.54, 1.807) is 0 Å². The van der Waals surface area contributed by atoms with Crippen molar-refractivity contribution in [2.24, 2.45) is 0 Å². The number of benzene rings is 9. The van der Waals surface area contributed by atoms with Crippen LogP contribution in [0.4, 0.5) is 17.1 Å². The lowest BCUT2D eigenvalue weighted by Crippen LogP contribution is -2.11. The molecule has 0 N–H and O–H groups in total. The molecule has 0 saturated heterocycles. The zero-order valence-corrected chi connectivity index (χ0v) is 27.5. The summed E-state index contributed by atoms with van der Waals surface area (Å²) in [5.74, 6) is 0. The van der Waals surface area contributed by atoms with E-state index < -0.39 is 0 Å². The number of hydrogen-bond acceptors (Lipinski definition) is 3. The van der Waals surface area contributed by atoms with Gasteiger partial charge in [-0.25, -0.2) is 0 Å². The maximum Gasteiger partial charge on any atom is 0.163 e. The maximum absolute atomic E-state index is 6.85. The predicted octanol–water partition coefficient (Wildman–Crippen LogP) is 14.1. The zero-order valence-electron chi connectivity index (χ0n) is 27.5. The minimum absolute atomic E-state index is 0.790. The van der Waals surface area contributed by atoms with E-state index in [1.807, 2.05) is 24.3 Å². The number of furan rings is 2. The summed E-state index contributed by atoms with van der Waals surface area (Å²) >= 11 is 0. The van der Waals surface area contributed by atoms with Crippen LogP contribution in [-0.2, 0) is 0 Å². The second kappa shape index (κ2) is 10.8. The van der Waals surface area contributed by atoms with E-state index in [1.165, 1.54) is 38.1 Å². The van der Waals surface area contributed by atoms with E-state index >= 15 is 0 Å². The summed E-state index contributed by atoms with van der Waals surface area (Å²) in [7, 11) is 0. The fourth-order valence-corrected chi connectivity index (χ4v) is 8.11. The van der Waals surface area contributed by atoms with Crippen LogP contribution in [0.2, 0.25) is 0 Å². The van der Waals surface area contributed by atoms with Gasteiger partial charge in [-0.3, -0.25) is 0 Å². The Morgan fingerprint density at radius 3 is 1.75 bits per heavy atom. The Labute approximate surface area is 293 Å². The lowest BCUT2D eigenvalue weighted by Gasteiger charge is -2.28. The van der Waals surface area contributed by atoms with Gasteiger partial charge in [0.1, 0.15) is 16.7 Å². The highest BCUT2D eigenvalue weighted by atomic mass is 16.3. The first-order valence-corrected chi connectivity index (χ1v) is 17.3. The van der Waals surface area contributed by atoms with Crippen LogP contribution in [-0.4, -0.2) is 0 Å². The number of nitrogens with zero attached hydrogens (tertiary/aromatic N) is 1. The predicted molar refractivity (Wildman–Crippen MR) is 214 cm³/mol. The monoisotopic (exact) mass is 651 g/mol. The largest absolute Gasteiger partial charge is 0.455 e. The van der Waals surface area contributed by atoms with Gasteiger partial charge in [0.15, 0.2) is 5.58 Å². The van der Waals surface area contributed by atoms with Gasteiger partial charge in [0.25, 0.3) is 0 Å². The van der Waals surface area contributed by atoms with Gasteiger partial charge in [0.05, 0.1) is 16.8 Å². The number of anilines is 3. The van der Waals surface area contributed by atoms with Crippen LogP contribution >= 0.6 is 0 Å². The van der Waals surface area contributed by atoms with Gasteiger partial charge in [-0.2, -0.15) is 0 Å². The molecule has 0 unspecified atom stereocenters. The molecular formula is C48H29NO2. The van der Waals surface area contributed by atoms with Gasteiger partial charge >= 0.3 is 0 Å². The third kappa shape index (κ3) is 4.19. The molecular weight excluding hydrogens is 623 g/mol. The van der Waals surface area contributed by atoms with Crippen molar-refractivity contribution in [3.05, 3.63) is 176 Å². The Bertz CT molecular complexity index is 3140. The van der Waals surface area contributed by atoms with Crippen LogP contribution in [0.15, 0.2) is 185 Å². The molecule has 11 rings (SSSR count). The minimum Gasteiger partial charge on any atom is -0.455 e. The topological polar surface area (TPSA) is 29.5 Å². The summed E-state index contributed by atoms with van der Waals surface area (Å²) in [6.45, 7) is 0. The number of para-hydroxylation sites is 2. The Hall–Kier alpha value is -6.84. The zero-order chi connectivity index (χ0) is 33.5. The average Bonchev–Trinajstić information content (AvgIpc) is 3.77. The fourth-order valence-electron chi connectivity index (χ4n) is 8.11. The van der Waals surface area contributed by atoms with E-state index in [9.17, 15) is 0 Å². The lowest BCUT2D eigenvalue weighted by atomic mass is 9.97. The second-order valence-corrected chi connectivity index (χ2v) is 13.2. The molecule has 51 heavy (non-hydrogen) atoms. The van der Waals surface area contributed by atoms with Gasteiger partial charge in [0.2, 0.25) is 0 Å². The molecule has 9 aromatic carbocycles. The quantitative estimate of drug-likeness (QED) is 0.177. The normalized spacial score (nSPS) is 11.9. The van der Waals surface area contributed by atoms with Crippen molar-refractivity contribution in [2.75, 3.05) is 4.90 Å². The summed E-state index contributed by atoms with van der Waals surface area (Å²) in [6.07, 6.45) is 0. The van der Waals surface area contributed by atoms with Crippen molar-refractivity contribution in [3.63, 3.8) is 0 Å². The molecule has 238 valence electrons. The molecule has 0 aliphatic carbocycles. The highest BCUT2D eigenvalue weighted by Crippen LogP contribution is 2.49. The van der Waals surface area contributed by atoms with Crippen LogP contribution in [0.3, 0.4) is 0 Å². The first-order chi connectivity index (χ1) is 25.3. The molecule has 0 spiro atoms. The fraction of sp³-hybridized carbons (Fsp3) is 0. The molecule has 0 aliphatic heterocycles. The summed E-state index contributed by atoms with van der Waals surface area (Å²) < 4.78 is 13.5. The number of fused-ring (bicyclic) bond motifs is 11. The van der Waals surface area contributed by atoms with Gasteiger partial charge in [-0.1, -0.05) is 140 Å². The van der Waals surface area contributed by atoms with Crippen molar-refractivity contribution >= 4 is 93.3 Å². The Balaban J connectivity index is 1.25. The van der Waals surface area contributed by atoms with Gasteiger partial charge in [-0.05, 0) is 74.5 Å². The Morgan fingerprint density at radius 1 is 0.353 bits per heavy atom. The molecule has 0 amide bonds. The smallest absolute Gasteiger partial charge is 0.163 e. The van der Waals surface area contributed by atoms with Crippen LogP contribution in [0, 0.1) is 0 Å². The van der Waals surface area contributed by atoms with Crippen molar-refractivity contribution in [1.29, 1.82) is 0 Å². The average molecular weight is 652 g/mol. The van der Waals surface area contributed by atoms with Crippen molar-refractivity contribution in [2.45, 2.75) is 0 Å². The number of hydrogen-bond donors (Lipinski definition) is 0. The third-order valence-electron chi connectivity index (χ3n) is 10.4. The summed E-state index contributed by atoms with van der Waals surface area (Å²) in [5, 5.41) is 11.4. The van der Waals surface area contributed by atoms with Crippen LogP contribution in [0.1, 0.15) is 0 Å². The van der Waals surface area contributed by atoms with Crippen molar-refractivity contribution in [3.8, 4) is 11.1 Å². The summed E-state index contributed by atoms with van der Waals surface area (Å²) in [4.78, 5) is 2.38.